The van der Waals surface area contributed by atoms with Gasteiger partial charge in [-0.2, -0.15) is 0 Å². The second-order valence-corrected chi connectivity index (χ2v) is 11.2. The van der Waals surface area contributed by atoms with Crippen LogP contribution in [-0.2, 0) is 28.8 Å². The molecule has 0 radical (unpaired) electrons. The zero-order chi connectivity index (χ0) is 37.5. The van der Waals surface area contributed by atoms with E-state index in [0.29, 0.717) is 32.0 Å². The molecule has 0 aromatic heterocycles. The van der Waals surface area contributed by atoms with Crippen LogP contribution < -0.4 is 0 Å². The molecule has 280 valence electrons. The van der Waals surface area contributed by atoms with Gasteiger partial charge in [-0.05, 0) is 43.9 Å². The lowest BCUT2D eigenvalue weighted by atomic mass is 10.0. The van der Waals surface area contributed by atoms with E-state index in [2.05, 4.69) is 27.7 Å². The fourth-order valence-electron chi connectivity index (χ4n) is 3.27. The summed E-state index contributed by atoms with van der Waals surface area (Å²) in [4.78, 5) is 58.6. The monoisotopic (exact) mass is 684 g/mol. The molecular formula is C33H64O14. The molecule has 1 unspecified atom stereocenters. The Kier molecular flexibility index (Phi) is 48.4. The molecule has 0 aliphatic carbocycles. The van der Waals surface area contributed by atoms with E-state index in [-0.39, 0.29) is 44.9 Å². The lowest BCUT2D eigenvalue weighted by molar-refractivity contribution is -0.143. The van der Waals surface area contributed by atoms with E-state index >= 15 is 0 Å². The molecule has 0 aromatic rings. The number of carboxylic acid groups (broad SMARTS) is 6. The molecular weight excluding hydrogens is 620 g/mol. The summed E-state index contributed by atoms with van der Waals surface area (Å²) in [5.41, 5.74) is 0. The smallest absolute Gasteiger partial charge is 0.303 e. The number of rotatable bonds is 24. The Bertz CT molecular complexity index is 720. The highest BCUT2D eigenvalue weighted by molar-refractivity contribution is 5.75. The first kappa shape index (κ1) is 53.2. The molecule has 0 bridgehead atoms. The third-order valence-electron chi connectivity index (χ3n) is 6.11. The van der Waals surface area contributed by atoms with Crippen LogP contribution in [0.3, 0.4) is 0 Å². The number of carboxylic acids is 6. The topological polar surface area (TPSA) is 264 Å². The quantitative estimate of drug-likeness (QED) is 0.0530. The largest absolute Gasteiger partial charge is 0.481 e. The molecule has 0 aliphatic heterocycles. The Balaban J connectivity index is -0.000000157. The van der Waals surface area contributed by atoms with Gasteiger partial charge in [0.2, 0.25) is 0 Å². The van der Waals surface area contributed by atoms with Crippen LogP contribution >= 0.6 is 0 Å². The lowest BCUT2D eigenvalue weighted by Gasteiger charge is -2.08. The van der Waals surface area contributed by atoms with Gasteiger partial charge in [-0.3, -0.25) is 28.8 Å². The Labute approximate surface area is 280 Å². The normalized spacial score (nSPS) is 10.3. The maximum Gasteiger partial charge on any atom is 0.303 e. The lowest BCUT2D eigenvalue weighted by Crippen LogP contribution is -2.03. The molecule has 0 amide bonds. The summed E-state index contributed by atoms with van der Waals surface area (Å²) < 4.78 is 0. The summed E-state index contributed by atoms with van der Waals surface area (Å²) >= 11 is 0. The van der Waals surface area contributed by atoms with Crippen molar-refractivity contribution in [3.05, 3.63) is 0 Å². The van der Waals surface area contributed by atoms with Crippen LogP contribution in [0, 0.1) is 11.8 Å². The van der Waals surface area contributed by atoms with E-state index in [9.17, 15) is 28.8 Å². The first-order valence-corrected chi connectivity index (χ1v) is 16.5. The van der Waals surface area contributed by atoms with E-state index in [1.54, 1.807) is 0 Å². The summed E-state index contributed by atoms with van der Waals surface area (Å²) in [6, 6.07) is 0. The molecule has 0 rings (SSSR count). The second kappa shape index (κ2) is 42.7. The minimum atomic E-state index is -1.08. The van der Waals surface area contributed by atoms with Gasteiger partial charge in [-0.25, -0.2) is 0 Å². The Morgan fingerprint density at radius 3 is 1.11 bits per heavy atom. The molecule has 0 fully saturated rings. The predicted molar refractivity (Wildman–Crippen MR) is 177 cm³/mol. The van der Waals surface area contributed by atoms with Crippen molar-refractivity contribution in [3.63, 3.8) is 0 Å². The summed E-state index contributed by atoms with van der Waals surface area (Å²) in [5, 5.41) is 65.4. The van der Waals surface area contributed by atoms with Crippen molar-refractivity contribution in [1.82, 2.24) is 0 Å². The molecule has 0 saturated carbocycles. The third-order valence-corrected chi connectivity index (χ3v) is 6.11. The van der Waals surface area contributed by atoms with Crippen molar-refractivity contribution in [2.45, 2.75) is 150 Å². The van der Waals surface area contributed by atoms with Gasteiger partial charge < -0.3 is 40.9 Å². The van der Waals surface area contributed by atoms with Gasteiger partial charge in [-0.1, -0.05) is 79.1 Å². The van der Waals surface area contributed by atoms with Crippen molar-refractivity contribution < 1.29 is 69.6 Å². The van der Waals surface area contributed by atoms with Gasteiger partial charge >= 0.3 is 35.8 Å². The molecule has 0 saturated heterocycles. The van der Waals surface area contributed by atoms with E-state index in [1.165, 1.54) is 51.4 Å². The van der Waals surface area contributed by atoms with E-state index in [1.807, 2.05) is 0 Å². The number of aliphatic hydroxyl groups excluding tert-OH is 2. The average molecular weight is 685 g/mol. The van der Waals surface area contributed by atoms with E-state index in [4.69, 9.17) is 40.9 Å². The Hall–Kier alpha value is -3.26. The second-order valence-electron chi connectivity index (χ2n) is 11.2. The van der Waals surface area contributed by atoms with Crippen molar-refractivity contribution in [2.75, 3.05) is 13.2 Å². The van der Waals surface area contributed by atoms with Crippen LogP contribution in [0.25, 0.3) is 0 Å². The van der Waals surface area contributed by atoms with Crippen molar-refractivity contribution in [1.29, 1.82) is 0 Å². The van der Waals surface area contributed by atoms with Gasteiger partial charge in [0.1, 0.15) is 0 Å². The maximum atomic E-state index is 9.90. The summed E-state index contributed by atoms with van der Waals surface area (Å²) in [6.07, 6.45) is 12.9. The first-order valence-electron chi connectivity index (χ1n) is 16.5. The molecule has 47 heavy (non-hydrogen) atoms. The number of hydrogen-bond acceptors (Lipinski definition) is 8. The van der Waals surface area contributed by atoms with Crippen LogP contribution in [-0.4, -0.2) is 89.9 Å². The van der Waals surface area contributed by atoms with Gasteiger partial charge in [0.15, 0.2) is 0 Å². The molecule has 0 heterocycles. The number of carbonyl (C=O) groups is 6. The van der Waals surface area contributed by atoms with Crippen molar-refractivity contribution >= 4 is 35.8 Å². The van der Waals surface area contributed by atoms with Crippen LogP contribution in [0.4, 0.5) is 0 Å². The maximum absolute atomic E-state index is 9.90. The number of aliphatic carboxylic acids is 6. The summed E-state index contributed by atoms with van der Waals surface area (Å²) in [6.45, 7) is 9.60. The van der Waals surface area contributed by atoms with Gasteiger partial charge in [0.25, 0.3) is 0 Å². The average Bonchev–Trinajstić information content (AvgIpc) is 2.97. The highest BCUT2D eigenvalue weighted by Gasteiger charge is 2.02. The fraction of sp³-hybridized carbons (Fsp3) is 0.818. The minimum absolute atomic E-state index is 0.0628. The molecule has 0 spiro atoms. The fourth-order valence-corrected chi connectivity index (χ4v) is 3.27. The van der Waals surface area contributed by atoms with Crippen LogP contribution in [0.5, 0.6) is 0 Å². The first-order chi connectivity index (χ1) is 22.0. The Morgan fingerprint density at radius 2 is 0.809 bits per heavy atom. The number of aliphatic hydroxyl groups is 2. The summed E-state index contributed by atoms with van der Waals surface area (Å²) in [7, 11) is 0. The zero-order valence-electron chi connectivity index (χ0n) is 29.0. The van der Waals surface area contributed by atoms with E-state index in [0.717, 1.165) is 18.8 Å². The highest BCUT2D eigenvalue weighted by Crippen LogP contribution is 2.11. The van der Waals surface area contributed by atoms with Crippen LogP contribution in [0.15, 0.2) is 0 Å². The van der Waals surface area contributed by atoms with Gasteiger partial charge in [0, 0.05) is 38.9 Å². The zero-order valence-corrected chi connectivity index (χ0v) is 29.0. The molecule has 0 aliphatic rings. The van der Waals surface area contributed by atoms with Gasteiger partial charge in [-0.15, -0.1) is 0 Å². The molecule has 8 N–H and O–H groups in total. The molecule has 1 atom stereocenters. The van der Waals surface area contributed by atoms with Crippen molar-refractivity contribution in [3.8, 4) is 0 Å². The molecule has 0 aromatic carbocycles. The van der Waals surface area contributed by atoms with E-state index < -0.39 is 35.8 Å². The van der Waals surface area contributed by atoms with Crippen LogP contribution in [0.2, 0.25) is 0 Å². The minimum Gasteiger partial charge on any atom is -0.481 e. The highest BCUT2D eigenvalue weighted by atomic mass is 16.4. The SMILES string of the molecule is CC(C)CCCCCCCO.CCCCC(CC)CO.O=C(O)CCC(=O)O.O=C(O)CCCC(=O)O.O=C(O)CCCCC(=O)O. The van der Waals surface area contributed by atoms with Gasteiger partial charge in [0.05, 0.1) is 12.8 Å². The summed E-state index contributed by atoms with van der Waals surface area (Å²) in [5.74, 6) is -4.37. The molecule has 14 nitrogen and oxygen atoms in total. The molecule has 14 heteroatoms. The van der Waals surface area contributed by atoms with Crippen LogP contribution in [0.1, 0.15) is 150 Å². The van der Waals surface area contributed by atoms with Crippen molar-refractivity contribution in [2.24, 2.45) is 11.8 Å². The number of unbranched alkanes of at least 4 members (excludes halogenated alkanes) is 6. The standard InChI is InChI=1S/C10H22O.C8H18O.C6H10O4.C5H8O4.C4H6O4/c1-10(2)8-6-4-3-5-7-9-11;1-3-5-6-8(4-2)7-9;7-5(8)3-1-2-4-6(9)10;6-4(7)2-1-3-5(8)9;5-3(6)1-2-4(7)8/h10-11H,3-9H2,1-2H3;8-9H,3-7H2,1-2H3;1-4H2,(H,7,8)(H,9,10);1-3H2,(H,6,7)(H,8,9);1-2H2,(H,5,6)(H,7,8). The Morgan fingerprint density at radius 1 is 0.447 bits per heavy atom. The predicted octanol–water partition coefficient (Wildman–Crippen LogP) is 6.15. The third kappa shape index (κ3) is 75.1. The number of hydrogen-bond donors (Lipinski definition) is 8.